The normalized spacial score (nSPS) is 13.8. The molecule has 1 aliphatic heterocycles. The van der Waals surface area contributed by atoms with Crippen LogP contribution >= 0.6 is 0 Å². The summed E-state index contributed by atoms with van der Waals surface area (Å²) in [6.07, 6.45) is 4.82. The fraction of sp³-hybridized carbons (Fsp3) is 0.375. The third-order valence-electron chi connectivity index (χ3n) is 5.50. The zero-order valence-electron chi connectivity index (χ0n) is 17.5. The zero-order valence-corrected chi connectivity index (χ0v) is 17.5. The van der Waals surface area contributed by atoms with E-state index < -0.39 is 0 Å². The van der Waals surface area contributed by atoms with Crippen LogP contribution in [-0.2, 0) is 30.7 Å². The minimum atomic E-state index is -0.334. The molecule has 30 heavy (non-hydrogen) atoms. The molecule has 0 spiro atoms. The molecule has 0 radical (unpaired) electrons. The molecule has 0 aliphatic carbocycles. The quantitative estimate of drug-likeness (QED) is 0.538. The average molecular weight is 405 g/mol. The van der Waals surface area contributed by atoms with Gasteiger partial charge in [-0.2, -0.15) is 5.10 Å². The fourth-order valence-corrected chi connectivity index (χ4v) is 4.03. The van der Waals surface area contributed by atoms with Gasteiger partial charge in [0.15, 0.2) is 5.69 Å². The lowest BCUT2D eigenvalue weighted by Crippen LogP contribution is -2.33. The summed E-state index contributed by atoms with van der Waals surface area (Å²) in [6.45, 7) is 5.45. The Morgan fingerprint density at radius 1 is 1.13 bits per heavy atom. The predicted octanol–water partition coefficient (Wildman–Crippen LogP) is 3.49. The number of carbonyl (C=O) groups excluding carboxylic acids is 1. The van der Waals surface area contributed by atoms with Gasteiger partial charge in [0, 0.05) is 37.0 Å². The van der Waals surface area contributed by atoms with Crippen molar-refractivity contribution in [2.45, 2.75) is 39.3 Å². The molecule has 6 nitrogen and oxygen atoms in total. The van der Waals surface area contributed by atoms with Crippen molar-refractivity contribution in [1.82, 2.24) is 19.7 Å². The summed E-state index contributed by atoms with van der Waals surface area (Å²) >= 11 is 0. The Labute approximate surface area is 177 Å². The van der Waals surface area contributed by atoms with Crippen molar-refractivity contribution < 1.29 is 9.53 Å². The first-order valence-electron chi connectivity index (χ1n) is 10.7. The summed E-state index contributed by atoms with van der Waals surface area (Å²) in [5.41, 5.74) is 4.89. The highest BCUT2D eigenvalue weighted by molar-refractivity contribution is 5.89. The molecule has 0 atom stereocenters. The number of nitrogens with zero attached hydrogens (tertiary/aromatic N) is 4. The van der Waals surface area contributed by atoms with E-state index in [1.165, 1.54) is 5.56 Å². The molecule has 4 rings (SSSR count). The number of aryl methyl sites for hydroxylation is 1. The minimum absolute atomic E-state index is 0.334. The van der Waals surface area contributed by atoms with Crippen LogP contribution in [0.25, 0.3) is 0 Å². The number of hydrogen-bond donors (Lipinski definition) is 0. The molecule has 0 fully saturated rings. The van der Waals surface area contributed by atoms with Gasteiger partial charge in [-0.15, -0.1) is 0 Å². The molecule has 0 amide bonds. The highest BCUT2D eigenvalue weighted by atomic mass is 16.5. The van der Waals surface area contributed by atoms with Crippen LogP contribution in [0.1, 0.15) is 46.3 Å². The number of fused-ring (bicyclic) bond motifs is 1. The van der Waals surface area contributed by atoms with Crippen molar-refractivity contribution in [2.24, 2.45) is 0 Å². The Morgan fingerprint density at radius 2 is 1.97 bits per heavy atom. The summed E-state index contributed by atoms with van der Waals surface area (Å²) in [5.74, 6) is -0.334. The Bertz CT molecular complexity index is 970. The number of rotatable bonds is 8. The summed E-state index contributed by atoms with van der Waals surface area (Å²) in [7, 11) is 0. The second kappa shape index (κ2) is 9.67. The molecule has 6 heteroatoms. The van der Waals surface area contributed by atoms with Crippen molar-refractivity contribution >= 4 is 5.97 Å². The number of hydrogen-bond acceptors (Lipinski definition) is 5. The lowest BCUT2D eigenvalue weighted by atomic mass is 10.0. The molecular formula is C24H28N4O2. The summed E-state index contributed by atoms with van der Waals surface area (Å²) in [4.78, 5) is 19.4. The first-order chi connectivity index (χ1) is 14.7. The van der Waals surface area contributed by atoms with Crippen molar-refractivity contribution in [3.05, 3.63) is 82.9 Å². The van der Waals surface area contributed by atoms with E-state index in [1.807, 2.05) is 29.8 Å². The second-order valence-electron chi connectivity index (χ2n) is 7.59. The number of benzene rings is 1. The van der Waals surface area contributed by atoms with E-state index in [4.69, 9.17) is 4.74 Å². The predicted molar refractivity (Wildman–Crippen MR) is 115 cm³/mol. The Kier molecular flexibility index (Phi) is 6.54. The number of aromatic nitrogens is 3. The number of esters is 1. The van der Waals surface area contributed by atoms with Crippen LogP contribution in [0.4, 0.5) is 0 Å². The van der Waals surface area contributed by atoms with Crippen molar-refractivity contribution in [3.63, 3.8) is 0 Å². The molecule has 0 N–H and O–H groups in total. The zero-order chi connectivity index (χ0) is 20.8. The van der Waals surface area contributed by atoms with Crippen LogP contribution in [0, 0.1) is 0 Å². The lowest BCUT2D eigenvalue weighted by Gasteiger charge is -2.27. The molecule has 156 valence electrons. The Morgan fingerprint density at radius 3 is 2.73 bits per heavy atom. The van der Waals surface area contributed by atoms with Crippen LogP contribution < -0.4 is 0 Å². The van der Waals surface area contributed by atoms with Gasteiger partial charge in [-0.25, -0.2) is 4.79 Å². The lowest BCUT2D eigenvalue weighted by molar-refractivity contribution is 0.0515. The topological polar surface area (TPSA) is 60.2 Å². The largest absolute Gasteiger partial charge is 0.461 e. The van der Waals surface area contributed by atoms with Crippen molar-refractivity contribution in [2.75, 3.05) is 19.7 Å². The maximum atomic E-state index is 12.6. The van der Waals surface area contributed by atoms with Gasteiger partial charge in [0.2, 0.25) is 0 Å². The third kappa shape index (κ3) is 4.76. The average Bonchev–Trinajstić information content (AvgIpc) is 3.13. The number of carbonyl (C=O) groups is 1. The fourth-order valence-electron chi connectivity index (χ4n) is 4.03. The van der Waals surface area contributed by atoms with Crippen LogP contribution in [0.5, 0.6) is 0 Å². The molecule has 3 heterocycles. The summed E-state index contributed by atoms with van der Waals surface area (Å²) in [6, 6.07) is 16.4. The van der Waals surface area contributed by atoms with Gasteiger partial charge in [0.25, 0.3) is 0 Å². The SMILES string of the molecule is CCOC(=O)c1nn(Cc2ccccn2)c2c1CN(CCCc1ccccc1)CC2. The maximum Gasteiger partial charge on any atom is 0.359 e. The number of pyridine rings is 1. The van der Waals surface area contributed by atoms with E-state index in [9.17, 15) is 4.79 Å². The number of ether oxygens (including phenoxy) is 1. The first kappa shape index (κ1) is 20.3. The van der Waals surface area contributed by atoms with E-state index in [0.29, 0.717) is 18.8 Å². The standard InChI is InChI=1S/C24H28N4O2/c1-2-30-24(29)23-21-18-27(15-8-11-19-9-4-3-5-10-19)16-13-22(21)28(26-23)17-20-12-6-7-14-25-20/h3-7,9-10,12,14H,2,8,11,13,15-18H2,1H3. The molecule has 0 saturated heterocycles. The molecule has 1 aliphatic rings. The van der Waals surface area contributed by atoms with Crippen LogP contribution in [-0.4, -0.2) is 45.3 Å². The van der Waals surface area contributed by atoms with E-state index >= 15 is 0 Å². The van der Waals surface area contributed by atoms with Gasteiger partial charge in [0.1, 0.15) is 0 Å². The van der Waals surface area contributed by atoms with E-state index in [1.54, 1.807) is 6.20 Å². The summed E-state index contributed by atoms with van der Waals surface area (Å²) in [5, 5.41) is 4.64. The molecule has 3 aromatic rings. The molecule has 0 unspecified atom stereocenters. The monoisotopic (exact) mass is 404 g/mol. The maximum absolute atomic E-state index is 12.6. The molecule has 0 saturated carbocycles. The van der Waals surface area contributed by atoms with Crippen molar-refractivity contribution in [1.29, 1.82) is 0 Å². The minimum Gasteiger partial charge on any atom is -0.461 e. The smallest absolute Gasteiger partial charge is 0.359 e. The Balaban J connectivity index is 1.48. The summed E-state index contributed by atoms with van der Waals surface area (Å²) < 4.78 is 7.22. The van der Waals surface area contributed by atoms with Gasteiger partial charge < -0.3 is 4.74 Å². The van der Waals surface area contributed by atoms with Gasteiger partial charge in [-0.1, -0.05) is 36.4 Å². The van der Waals surface area contributed by atoms with Crippen molar-refractivity contribution in [3.8, 4) is 0 Å². The van der Waals surface area contributed by atoms with Gasteiger partial charge in [0.05, 0.1) is 18.8 Å². The van der Waals surface area contributed by atoms with Crippen LogP contribution in [0.2, 0.25) is 0 Å². The highest BCUT2D eigenvalue weighted by Crippen LogP contribution is 2.24. The van der Waals surface area contributed by atoms with Gasteiger partial charge in [-0.3, -0.25) is 14.6 Å². The van der Waals surface area contributed by atoms with Gasteiger partial charge >= 0.3 is 5.97 Å². The van der Waals surface area contributed by atoms with E-state index in [2.05, 4.69) is 45.3 Å². The van der Waals surface area contributed by atoms with E-state index in [0.717, 1.165) is 55.8 Å². The van der Waals surface area contributed by atoms with Crippen LogP contribution in [0.3, 0.4) is 0 Å². The Hall–Kier alpha value is -2.99. The highest BCUT2D eigenvalue weighted by Gasteiger charge is 2.28. The second-order valence-corrected chi connectivity index (χ2v) is 7.59. The third-order valence-corrected chi connectivity index (χ3v) is 5.50. The molecule has 2 aromatic heterocycles. The molecule has 1 aromatic carbocycles. The van der Waals surface area contributed by atoms with E-state index in [-0.39, 0.29) is 5.97 Å². The first-order valence-corrected chi connectivity index (χ1v) is 10.7. The molecular weight excluding hydrogens is 376 g/mol. The van der Waals surface area contributed by atoms with Crippen LogP contribution in [0.15, 0.2) is 54.7 Å². The molecule has 0 bridgehead atoms. The van der Waals surface area contributed by atoms with Gasteiger partial charge in [-0.05, 0) is 44.0 Å².